The SMILES string of the molecule is COC1CCCC1n1cccc(NC(C)C)c1=O. The van der Waals surface area contributed by atoms with Gasteiger partial charge >= 0.3 is 0 Å². The normalized spacial score (nSPS) is 23.6. The number of nitrogens with one attached hydrogen (secondary N) is 1. The predicted octanol–water partition coefficient (Wildman–Crippen LogP) is 2.41. The van der Waals surface area contributed by atoms with Crippen LogP contribution in [0.25, 0.3) is 0 Å². The molecule has 0 bridgehead atoms. The average Bonchev–Trinajstić information content (AvgIpc) is 2.79. The van der Waals surface area contributed by atoms with Crippen LogP contribution in [-0.2, 0) is 4.74 Å². The number of ether oxygens (including phenoxy) is 1. The van der Waals surface area contributed by atoms with Crippen LogP contribution in [-0.4, -0.2) is 23.8 Å². The van der Waals surface area contributed by atoms with Gasteiger partial charge in [-0.25, -0.2) is 0 Å². The van der Waals surface area contributed by atoms with Crippen LogP contribution in [0.15, 0.2) is 23.1 Å². The summed E-state index contributed by atoms with van der Waals surface area (Å²) in [6, 6.07) is 4.21. The lowest BCUT2D eigenvalue weighted by atomic mass is 10.2. The molecule has 1 saturated carbocycles. The first-order valence-electron chi connectivity index (χ1n) is 6.64. The minimum Gasteiger partial charge on any atom is -0.379 e. The van der Waals surface area contributed by atoms with E-state index >= 15 is 0 Å². The molecule has 1 N–H and O–H groups in total. The number of rotatable bonds is 4. The number of aromatic nitrogens is 1. The number of methoxy groups -OCH3 is 1. The second-order valence-electron chi connectivity index (χ2n) is 5.21. The van der Waals surface area contributed by atoms with Crippen LogP contribution in [0.4, 0.5) is 5.69 Å². The summed E-state index contributed by atoms with van der Waals surface area (Å²) in [6.07, 6.45) is 5.21. The molecule has 1 fully saturated rings. The molecular formula is C14H22N2O2. The Balaban J connectivity index is 2.31. The van der Waals surface area contributed by atoms with Crippen molar-refractivity contribution in [1.29, 1.82) is 0 Å². The van der Waals surface area contributed by atoms with Crippen molar-refractivity contribution in [3.05, 3.63) is 28.7 Å². The topological polar surface area (TPSA) is 43.3 Å². The average molecular weight is 250 g/mol. The van der Waals surface area contributed by atoms with E-state index in [1.165, 1.54) is 0 Å². The zero-order valence-corrected chi connectivity index (χ0v) is 11.3. The first-order chi connectivity index (χ1) is 8.63. The van der Waals surface area contributed by atoms with Gasteiger partial charge < -0.3 is 14.6 Å². The van der Waals surface area contributed by atoms with Gasteiger partial charge in [-0.1, -0.05) is 0 Å². The van der Waals surface area contributed by atoms with Crippen molar-refractivity contribution in [3.8, 4) is 0 Å². The van der Waals surface area contributed by atoms with Crippen molar-refractivity contribution in [2.24, 2.45) is 0 Å². The van der Waals surface area contributed by atoms with E-state index in [1.54, 1.807) is 7.11 Å². The van der Waals surface area contributed by atoms with Gasteiger partial charge in [0.1, 0.15) is 5.69 Å². The number of hydrogen-bond acceptors (Lipinski definition) is 3. The van der Waals surface area contributed by atoms with Crippen molar-refractivity contribution in [2.75, 3.05) is 12.4 Å². The smallest absolute Gasteiger partial charge is 0.274 e. The summed E-state index contributed by atoms with van der Waals surface area (Å²) < 4.78 is 7.30. The Bertz CT molecular complexity index is 453. The van der Waals surface area contributed by atoms with Crippen molar-refractivity contribution in [2.45, 2.75) is 51.3 Å². The largest absolute Gasteiger partial charge is 0.379 e. The minimum absolute atomic E-state index is 0.0557. The molecule has 4 nitrogen and oxygen atoms in total. The fraction of sp³-hybridized carbons (Fsp3) is 0.643. The molecule has 1 aliphatic rings. The Morgan fingerprint density at radius 2 is 2.22 bits per heavy atom. The summed E-state index contributed by atoms with van der Waals surface area (Å²) in [5, 5.41) is 3.20. The molecule has 1 heterocycles. The monoisotopic (exact) mass is 250 g/mol. The highest BCUT2D eigenvalue weighted by Crippen LogP contribution is 2.31. The van der Waals surface area contributed by atoms with Crippen LogP contribution in [0.5, 0.6) is 0 Å². The van der Waals surface area contributed by atoms with Gasteiger partial charge in [0.25, 0.3) is 5.56 Å². The Morgan fingerprint density at radius 1 is 1.44 bits per heavy atom. The molecule has 100 valence electrons. The Morgan fingerprint density at radius 3 is 2.89 bits per heavy atom. The molecule has 2 atom stereocenters. The Hall–Kier alpha value is -1.29. The predicted molar refractivity (Wildman–Crippen MR) is 73.1 cm³/mol. The zero-order valence-electron chi connectivity index (χ0n) is 11.3. The second-order valence-corrected chi connectivity index (χ2v) is 5.21. The lowest BCUT2D eigenvalue weighted by molar-refractivity contribution is 0.0739. The Labute approximate surface area is 108 Å². The number of pyridine rings is 1. The fourth-order valence-corrected chi connectivity index (χ4v) is 2.69. The van der Waals surface area contributed by atoms with E-state index in [9.17, 15) is 4.79 Å². The summed E-state index contributed by atoms with van der Waals surface area (Å²) in [7, 11) is 1.73. The van der Waals surface area contributed by atoms with Gasteiger partial charge in [-0.2, -0.15) is 0 Å². The van der Waals surface area contributed by atoms with E-state index in [0.29, 0.717) is 5.69 Å². The highest BCUT2D eigenvalue weighted by Gasteiger charge is 2.29. The summed E-state index contributed by atoms with van der Waals surface area (Å²) >= 11 is 0. The lowest BCUT2D eigenvalue weighted by Gasteiger charge is -2.22. The molecule has 0 amide bonds. The van der Waals surface area contributed by atoms with Crippen molar-refractivity contribution < 1.29 is 4.74 Å². The molecule has 2 unspecified atom stereocenters. The van der Waals surface area contributed by atoms with E-state index in [4.69, 9.17) is 4.74 Å². The molecule has 0 saturated heterocycles. The number of nitrogens with zero attached hydrogens (tertiary/aromatic N) is 1. The van der Waals surface area contributed by atoms with Gasteiger partial charge in [0.15, 0.2) is 0 Å². The minimum atomic E-state index is 0.0557. The van der Waals surface area contributed by atoms with E-state index in [1.807, 2.05) is 36.7 Å². The van der Waals surface area contributed by atoms with E-state index in [-0.39, 0.29) is 23.7 Å². The van der Waals surface area contributed by atoms with Crippen LogP contribution in [0, 0.1) is 0 Å². The molecular weight excluding hydrogens is 228 g/mol. The summed E-state index contributed by atoms with van der Waals surface area (Å²) in [4.78, 5) is 12.4. The first-order valence-corrected chi connectivity index (χ1v) is 6.64. The summed E-state index contributed by atoms with van der Waals surface area (Å²) in [5.41, 5.74) is 0.731. The number of anilines is 1. The summed E-state index contributed by atoms with van der Waals surface area (Å²) in [5.74, 6) is 0. The highest BCUT2D eigenvalue weighted by atomic mass is 16.5. The molecule has 18 heavy (non-hydrogen) atoms. The number of hydrogen-bond donors (Lipinski definition) is 1. The third kappa shape index (κ3) is 2.58. The molecule has 2 rings (SSSR count). The van der Waals surface area contributed by atoms with E-state index < -0.39 is 0 Å². The fourth-order valence-electron chi connectivity index (χ4n) is 2.69. The molecule has 0 radical (unpaired) electrons. The van der Waals surface area contributed by atoms with E-state index in [2.05, 4.69) is 5.32 Å². The molecule has 4 heteroatoms. The highest BCUT2D eigenvalue weighted by molar-refractivity contribution is 5.41. The molecule has 1 aromatic heterocycles. The quantitative estimate of drug-likeness (QED) is 0.892. The van der Waals surface area contributed by atoms with Crippen molar-refractivity contribution in [3.63, 3.8) is 0 Å². The molecule has 1 aliphatic carbocycles. The third-order valence-corrected chi connectivity index (χ3v) is 3.50. The van der Waals surface area contributed by atoms with Gasteiger partial charge in [-0.05, 0) is 45.2 Å². The maximum absolute atomic E-state index is 12.4. The lowest BCUT2D eigenvalue weighted by Crippen LogP contribution is -2.32. The van der Waals surface area contributed by atoms with Gasteiger partial charge in [0.05, 0.1) is 12.1 Å². The van der Waals surface area contributed by atoms with Gasteiger partial charge in [-0.15, -0.1) is 0 Å². The maximum atomic E-state index is 12.4. The van der Waals surface area contributed by atoms with Gasteiger partial charge in [-0.3, -0.25) is 4.79 Å². The first kappa shape index (κ1) is 13.1. The molecule has 0 spiro atoms. The van der Waals surface area contributed by atoms with Crippen LogP contribution in [0.3, 0.4) is 0 Å². The van der Waals surface area contributed by atoms with Gasteiger partial charge in [0.2, 0.25) is 0 Å². The van der Waals surface area contributed by atoms with Crippen LogP contribution in [0.2, 0.25) is 0 Å². The second kappa shape index (κ2) is 5.57. The molecule has 0 aromatic carbocycles. The van der Waals surface area contributed by atoms with Gasteiger partial charge in [0, 0.05) is 19.3 Å². The molecule has 1 aromatic rings. The van der Waals surface area contributed by atoms with Crippen molar-refractivity contribution >= 4 is 5.69 Å². The van der Waals surface area contributed by atoms with E-state index in [0.717, 1.165) is 19.3 Å². The van der Waals surface area contributed by atoms with Crippen molar-refractivity contribution in [1.82, 2.24) is 4.57 Å². The standard InChI is InChI=1S/C14H22N2O2/c1-10(2)15-11-6-5-9-16(14(11)17)12-7-4-8-13(12)18-3/h5-6,9-10,12-13,15H,4,7-8H2,1-3H3. The molecule has 0 aliphatic heterocycles. The van der Waals surface area contributed by atoms with Crippen LogP contribution < -0.4 is 10.9 Å². The summed E-state index contributed by atoms with van der Waals surface area (Å²) in [6.45, 7) is 4.06. The Kier molecular flexibility index (Phi) is 4.07. The zero-order chi connectivity index (χ0) is 13.1. The van der Waals surface area contributed by atoms with Crippen LogP contribution >= 0.6 is 0 Å². The van der Waals surface area contributed by atoms with Crippen LogP contribution in [0.1, 0.15) is 39.2 Å². The maximum Gasteiger partial charge on any atom is 0.274 e. The third-order valence-electron chi connectivity index (χ3n) is 3.50.